The molecule has 3 aromatic rings. The van der Waals surface area contributed by atoms with Crippen LogP contribution in [-0.2, 0) is 0 Å². The van der Waals surface area contributed by atoms with Crippen LogP contribution < -0.4 is 15.4 Å². The molecule has 1 amide bonds. The van der Waals surface area contributed by atoms with Gasteiger partial charge in [-0.1, -0.05) is 0 Å². The Balaban J connectivity index is 1.50. The lowest BCUT2D eigenvalue weighted by Crippen LogP contribution is -2.29. The van der Waals surface area contributed by atoms with Gasteiger partial charge in [0.1, 0.15) is 11.6 Å². The predicted octanol–water partition coefficient (Wildman–Crippen LogP) is 1.61. The van der Waals surface area contributed by atoms with Crippen molar-refractivity contribution in [1.29, 1.82) is 0 Å². The first-order valence-corrected chi connectivity index (χ1v) is 8.62. The van der Waals surface area contributed by atoms with Crippen LogP contribution in [0.4, 0.5) is 5.82 Å². The smallest absolute Gasteiger partial charge is 0.252 e. The number of aromatic nitrogens is 5. The molecule has 0 atom stereocenters. The third-order valence-electron chi connectivity index (χ3n) is 3.57. The molecule has 3 heterocycles. The number of rotatable bonds is 8. The summed E-state index contributed by atoms with van der Waals surface area (Å²) in [7, 11) is 0. The summed E-state index contributed by atoms with van der Waals surface area (Å²) in [6, 6.07) is 7.00. The summed E-state index contributed by atoms with van der Waals surface area (Å²) in [4.78, 5) is 24.9. The lowest BCUT2D eigenvalue weighted by molar-refractivity contribution is 0.0954. The molecular formula is C18H21N7O2. The number of nitrogens with one attached hydrogen (secondary N) is 2. The molecule has 0 fully saturated rings. The average molecular weight is 367 g/mol. The summed E-state index contributed by atoms with van der Waals surface area (Å²) in [5.74, 6) is 2.30. The third-order valence-corrected chi connectivity index (χ3v) is 3.57. The van der Waals surface area contributed by atoms with Gasteiger partial charge in [-0.05, 0) is 26.0 Å². The van der Waals surface area contributed by atoms with Gasteiger partial charge in [0.2, 0.25) is 5.88 Å². The molecule has 3 rings (SSSR count). The number of carbonyl (C=O) groups excluding carboxylic acids is 1. The Bertz CT molecular complexity index is 879. The lowest BCUT2D eigenvalue weighted by atomic mass is 10.2. The number of aryl methyl sites for hydroxylation is 1. The van der Waals surface area contributed by atoms with E-state index in [-0.39, 0.29) is 5.91 Å². The fraction of sp³-hybridized carbons (Fsp3) is 0.278. The largest absolute Gasteiger partial charge is 0.478 e. The van der Waals surface area contributed by atoms with Gasteiger partial charge in [0, 0.05) is 43.8 Å². The Kier molecular flexibility index (Phi) is 5.93. The minimum absolute atomic E-state index is 0.191. The summed E-state index contributed by atoms with van der Waals surface area (Å²) in [5.41, 5.74) is 0.484. The Hall–Kier alpha value is -3.49. The molecule has 3 aromatic heterocycles. The number of ether oxygens (including phenoxy) is 1. The van der Waals surface area contributed by atoms with Crippen molar-refractivity contribution in [2.45, 2.75) is 13.8 Å². The fourth-order valence-electron chi connectivity index (χ4n) is 2.38. The summed E-state index contributed by atoms with van der Waals surface area (Å²) >= 11 is 0. The highest BCUT2D eigenvalue weighted by Gasteiger charge is 2.07. The first kappa shape index (κ1) is 18.3. The van der Waals surface area contributed by atoms with Crippen molar-refractivity contribution >= 4 is 11.7 Å². The van der Waals surface area contributed by atoms with Gasteiger partial charge in [-0.2, -0.15) is 5.10 Å². The Morgan fingerprint density at radius 2 is 2.15 bits per heavy atom. The van der Waals surface area contributed by atoms with Gasteiger partial charge < -0.3 is 15.4 Å². The molecular weight excluding hydrogens is 346 g/mol. The van der Waals surface area contributed by atoms with Crippen LogP contribution in [0.2, 0.25) is 0 Å². The molecule has 0 saturated heterocycles. The van der Waals surface area contributed by atoms with Gasteiger partial charge in [0.15, 0.2) is 5.82 Å². The van der Waals surface area contributed by atoms with Gasteiger partial charge in [-0.25, -0.2) is 19.6 Å². The van der Waals surface area contributed by atoms with Crippen LogP contribution in [0.5, 0.6) is 5.88 Å². The monoisotopic (exact) mass is 367 g/mol. The van der Waals surface area contributed by atoms with Gasteiger partial charge in [-0.15, -0.1) is 0 Å². The highest BCUT2D eigenvalue weighted by atomic mass is 16.5. The van der Waals surface area contributed by atoms with Crippen molar-refractivity contribution in [2.24, 2.45) is 0 Å². The van der Waals surface area contributed by atoms with E-state index in [0.29, 0.717) is 48.6 Å². The van der Waals surface area contributed by atoms with Crippen molar-refractivity contribution in [3.8, 4) is 11.7 Å². The fourth-order valence-corrected chi connectivity index (χ4v) is 2.38. The second-order valence-corrected chi connectivity index (χ2v) is 5.61. The number of anilines is 1. The lowest BCUT2D eigenvalue weighted by Gasteiger charge is -2.10. The summed E-state index contributed by atoms with van der Waals surface area (Å²) in [6.45, 7) is 5.19. The van der Waals surface area contributed by atoms with Crippen molar-refractivity contribution in [3.05, 3.63) is 54.2 Å². The van der Waals surface area contributed by atoms with E-state index < -0.39 is 0 Å². The maximum atomic E-state index is 12.1. The number of hydrogen-bond donors (Lipinski definition) is 2. The molecule has 0 aliphatic heterocycles. The second kappa shape index (κ2) is 8.75. The van der Waals surface area contributed by atoms with Crippen LogP contribution in [0.3, 0.4) is 0 Å². The highest BCUT2D eigenvalue weighted by molar-refractivity contribution is 5.93. The first-order valence-electron chi connectivity index (χ1n) is 8.62. The van der Waals surface area contributed by atoms with Gasteiger partial charge in [-0.3, -0.25) is 4.79 Å². The van der Waals surface area contributed by atoms with Crippen LogP contribution in [0.25, 0.3) is 5.82 Å². The molecule has 0 bridgehead atoms. The van der Waals surface area contributed by atoms with Crippen LogP contribution in [0, 0.1) is 6.92 Å². The van der Waals surface area contributed by atoms with E-state index >= 15 is 0 Å². The molecule has 0 aliphatic rings. The van der Waals surface area contributed by atoms with Crippen molar-refractivity contribution in [1.82, 2.24) is 30.0 Å². The molecule has 9 nitrogen and oxygen atoms in total. The zero-order valence-electron chi connectivity index (χ0n) is 15.2. The molecule has 2 N–H and O–H groups in total. The molecule has 0 aliphatic carbocycles. The van der Waals surface area contributed by atoms with Crippen molar-refractivity contribution in [2.75, 3.05) is 25.0 Å². The van der Waals surface area contributed by atoms with E-state index in [0.717, 1.165) is 0 Å². The number of carbonyl (C=O) groups is 1. The molecule has 27 heavy (non-hydrogen) atoms. The molecule has 0 spiro atoms. The van der Waals surface area contributed by atoms with Crippen LogP contribution in [0.1, 0.15) is 23.1 Å². The zero-order valence-corrected chi connectivity index (χ0v) is 15.2. The number of hydrogen-bond acceptors (Lipinski definition) is 7. The molecule has 0 unspecified atom stereocenters. The maximum Gasteiger partial charge on any atom is 0.252 e. The van der Waals surface area contributed by atoms with Gasteiger partial charge in [0.25, 0.3) is 5.91 Å². The van der Waals surface area contributed by atoms with Gasteiger partial charge in [0.05, 0.1) is 12.2 Å². The van der Waals surface area contributed by atoms with Crippen LogP contribution >= 0.6 is 0 Å². The van der Waals surface area contributed by atoms with E-state index in [9.17, 15) is 4.79 Å². The van der Waals surface area contributed by atoms with E-state index in [2.05, 4.69) is 30.7 Å². The normalized spacial score (nSPS) is 10.4. The van der Waals surface area contributed by atoms with E-state index in [1.165, 1.54) is 6.20 Å². The topological polar surface area (TPSA) is 107 Å². The minimum atomic E-state index is -0.191. The van der Waals surface area contributed by atoms with Gasteiger partial charge >= 0.3 is 0 Å². The predicted molar refractivity (Wildman–Crippen MR) is 100 cm³/mol. The molecule has 140 valence electrons. The van der Waals surface area contributed by atoms with Crippen LogP contribution in [0.15, 0.2) is 42.9 Å². The SMILES string of the molecule is CCOc1ccc(C(=O)NCCNc2cc(-n3cccn3)nc(C)n2)cn1. The molecule has 9 heteroatoms. The number of amides is 1. The Labute approximate surface area is 156 Å². The third kappa shape index (κ3) is 5.00. The number of nitrogens with zero attached hydrogens (tertiary/aromatic N) is 5. The molecule has 0 radical (unpaired) electrons. The molecule has 0 aromatic carbocycles. The van der Waals surface area contributed by atoms with E-state index in [4.69, 9.17) is 4.74 Å². The average Bonchev–Trinajstić information content (AvgIpc) is 3.20. The first-order chi connectivity index (χ1) is 13.2. The standard InChI is InChI=1S/C18H21N7O2/c1-3-27-17-6-5-14(12-21-17)18(26)20-9-8-19-15-11-16(24-13(2)23-15)25-10-4-7-22-25/h4-7,10-12H,3,8-9H2,1-2H3,(H,20,26)(H,19,23,24). The summed E-state index contributed by atoms with van der Waals surface area (Å²) < 4.78 is 6.93. The summed E-state index contributed by atoms with van der Waals surface area (Å²) in [5, 5.41) is 10.2. The van der Waals surface area contributed by atoms with Crippen molar-refractivity contribution in [3.63, 3.8) is 0 Å². The Morgan fingerprint density at radius 3 is 2.85 bits per heavy atom. The van der Waals surface area contributed by atoms with Crippen molar-refractivity contribution < 1.29 is 9.53 Å². The number of pyridine rings is 1. The van der Waals surface area contributed by atoms with E-state index in [1.54, 1.807) is 29.1 Å². The quantitative estimate of drug-likeness (QED) is 0.582. The Morgan fingerprint density at radius 1 is 1.26 bits per heavy atom. The molecule has 0 saturated carbocycles. The second-order valence-electron chi connectivity index (χ2n) is 5.61. The minimum Gasteiger partial charge on any atom is -0.478 e. The zero-order chi connectivity index (χ0) is 19.1. The maximum absolute atomic E-state index is 12.1. The summed E-state index contributed by atoms with van der Waals surface area (Å²) in [6.07, 6.45) is 5.00. The van der Waals surface area contributed by atoms with E-state index in [1.807, 2.05) is 26.1 Å². The highest BCUT2D eigenvalue weighted by Crippen LogP contribution is 2.10. The van der Waals surface area contributed by atoms with Crippen LogP contribution in [-0.4, -0.2) is 50.3 Å².